The molecule has 1 aliphatic rings. The number of benzene rings is 2. The Balaban J connectivity index is 1.73. The van der Waals surface area contributed by atoms with Gasteiger partial charge in [-0.05, 0) is 18.2 Å². The number of hydrogen-bond acceptors (Lipinski definition) is 5. The van der Waals surface area contributed by atoms with Crippen molar-refractivity contribution in [2.45, 2.75) is 26.0 Å². The fourth-order valence-electron chi connectivity index (χ4n) is 3.23. The molecular formula is C20H21F4N3O3. The number of carbonyl (C=O) groups excluding carboxylic acids is 1. The lowest BCUT2D eigenvalue weighted by Crippen LogP contribution is -2.33. The van der Waals surface area contributed by atoms with Gasteiger partial charge < -0.3 is 25.0 Å². The van der Waals surface area contributed by atoms with Crippen LogP contribution in [0.5, 0.6) is 0 Å². The van der Waals surface area contributed by atoms with E-state index in [2.05, 4.69) is 5.32 Å². The number of carbonyl (C=O) groups is 1. The number of nitrogens with one attached hydrogen (secondary N) is 1. The smallest absolute Gasteiger partial charge is 0.238 e. The first-order chi connectivity index (χ1) is 14.2. The van der Waals surface area contributed by atoms with Gasteiger partial charge in [0.15, 0.2) is 0 Å². The predicted molar refractivity (Wildman–Crippen MR) is 102 cm³/mol. The van der Waals surface area contributed by atoms with Crippen LogP contribution >= 0.6 is 0 Å². The summed E-state index contributed by atoms with van der Waals surface area (Å²) in [5.74, 6) is -4.07. The Labute approximate surface area is 170 Å². The number of aliphatic hydroxyl groups excluding tert-OH is 1. The van der Waals surface area contributed by atoms with Crippen molar-refractivity contribution >= 4 is 17.3 Å². The quantitative estimate of drug-likeness (QED) is 0.694. The van der Waals surface area contributed by atoms with Gasteiger partial charge in [0, 0.05) is 50.4 Å². The highest BCUT2D eigenvalue weighted by Gasteiger charge is 2.32. The summed E-state index contributed by atoms with van der Waals surface area (Å²) >= 11 is 0. The lowest BCUT2D eigenvalue weighted by atomic mass is 10.1. The Hall–Kier alpha value is -2.85. The molecule has 1 amide bonds. The van der Waals surface area contributed by atoms with Crippen LogP contribution in [0.1, 0.15) is 12.5 Å². The van der Waals surface area contributed by atoms with Gasteiger partial charge in [0.1, 0.15) is 23.3 Å². The van der Waals surface area contributed by atoms with Crippen molar-refractivity contribution in [3.8, 4) is 0 Å². The van der Waals surface area contributed by atoms with E-state index in [1.54, 1.807) is 0 Å². The molecule has 2 atom stereocenters. The third kappa shape index (κ3) is 4.82. The van der Waals surface area contributed by atoms with Gasteiger partial charge in [0.05, 0.1) is 18.3 Å². The van der Waals surface area contributed by atoms with Gasteiger partial charge in [-0.3, -0.25) is 4.79 Å². The molecule has 162 valence electrons. The topological polar surface area (TPSA) is 65.0 Å². The number of rotatable bonds is 6. The van der Waals surface area contributed by atoms with Gasteiger partial charge >= 0.3 is 0 Å². The molecule has 0 radical (unpaired) electrons. The summed E-state index contributed by atoms with van der Waals surface area (Å²) in [6, 6.07) is 5.23. The monoisotopic (exact) mass is 427 g/mol. The minimum atomic E-state index is -1.31. The molecule has 2 aromatic carbocycles. The van der Waals surface area contributed by atoms with Crippen LogP contribution < -0.4 is 15.1 Å². The molecule has 1 saturated heterocycles. The van der Waals surface area contributed by atoms with Crippen molar-refractivity contribution in [1.82, 2.24) is 5.32 Å². The Kier molecular flexibility index (Phi) is 6.47. The van der Waals surface area contributed by atoms with Crippen molar-refractivity contribution in [3.05, 3.63) is 59.2 Å². The number of hydrogen-bond donors (Lipinski definition) is 2. The molecule has 1 heterocycles. The molecule has 0 bridgehead atoms. The van der Waals surface area contributed by atoms with E-state index in [1.165, 1.54) is 35.9 Å². The van der Waals surface area contributed by atoms with Gasteiger partial charge in [0.25, 0.3) is 0 Å². The normalized spacial score (nSPS) is 18.6. The number of nitrogens with zero attached hydrogens (tertiary/aromatic N) is 2. The van der Waals surface area contributed by atoms with E-state index in [-0.39, 0.29) is 36.8 Å². The van der Waals surface area contributed by atoms with Gasteiger partial charge in [-0.15, -0.1) is 0 Å². The lowest BCUT2D eigenvalue weighted by molar-refractivity contribution is -0.121. The summed E-state index contributed by atoms with van der Waals surface area (Å²) in [4.78, 5) is 13.7. The van der Waals surface area contributed by atoms with Crippen molar-refractivity contribution in [2.24, 2.45) is 0 Å². The van der Waals surface area contributed by atoms with E-state index >= 15 is 0 Å². The highest BCUT2D eigenvalue weighted by Crippen LogP contribution is 2.29. The van der Waals surface area contributed by atoms with Crippen LogP contribution in [0.2, 0.25) is 0 Å². The van der Waals surface area contributed by atoms with Gasteiger partial charge in [0.2, 0.25) is 12.3 Å². The van der Waals surface area contributed by atoms with Crippen LogP contribution in [0.3, 0.4) is 0 Å². The average molecular weight is 427 g/mol. The molecule has 1 unspecified atom stereocenters. The van der Waals surface area contributed by atoms with Gasteiger partial charge in [-0.1, -0.05) is 0 Å². The molecule has 30 heavy (non-hydrogen) atoms. The van der Waals surface area contributed by atoms with Crippen LogP contribution in [0.4, 0.5) is 28.9 Å². The van der Waals surface area contributed by atoms with E-state index < -0.39 is 35.8 Å². The van der Waals surface area contributed by atoms with Crippen molar-refractivity contribution in [3.63, 3.8) is 0 Å². The number of anilines is 2. The minimum Gasteiger partial charge on any atom is -0.368 e. The number of halogens is 4. The molecule has 1 fully saturated rings. The maximum absolute atomic E-state index is 14.7. The molecule has 0 aliphatic carbocycles. The molecular weight excluding hydrogens is 406 g/mol. The van der Waals surface area contributed by atoms with E-state index in [1.807, 2.05) is 0 Å². The Morgan fingerprint density at radius 2 is 1.87 bits per heavy atom. The van der Waals surface area contributed by atoms with E-state index in [0.29, 0.717) is 17.8 Å². The first kappa shape index (κ1) is 21.8. The van der Waals surface area contributed by atoms with Crippen LogP contribution in [-0.2, 0) is 16.1 Å². The maximum Gasteiger partial charge on any atom is 0.238 e. The largest absolute Gasteiger partial charge is 0.368 e. The highest BCUT2D eigenvalue weighted by atomic mass is 19.1. The van der Waals surface area contributed by atoms with Crippen LogP contribution in [-0.4, -0.2) is 43.7 Å². The third-order valence-corrected chi connectivity index (χ3v) is 4.74. The van der Waals surface area contributed by atoms with Gasteiger partial charge in [-0.2, -0.15) is 0 Å². The maximum atomic E-state index is 14.7. The molecule has 0 saturated carbocycles. The van der Waals surface area contributed by atoms with Crippen molar-refractivity contribution < 1.29 is 32.2 Å². The zero-order valence-electron chi connectivity index (χ0n) is 16.3. The summed E-state index contributed by atoms with van der Waals surface area (Å²) < 4.78 is 60.8. The lowest BCUT2D eigenvalue weighted by Gasteiger charge is -2.24. The standard InChI is InChI=1S/C20H21F4N3O3/c1-11(28)25-8-14-9-27(20(29)30-14)13-3-4-19(18(24)7-13)26(2)10-15-16(22)5-12(21)6-17(15)23/h3-7,14,20,29H,8-10H2,1-2H3,(H,25,28)/t14-,20?/m0/s1. The van der Waals surface area contributed by atoms with E-state index in [0.717, 1.165) is 6.07 Å². The van der Waals surface area contributed by atoms with Gasteiger partial charge in [-0.25, -0.2) is 17.6 Å². The van der Waals surface area contributed by atoms with E-state index in [9.17, 15) is 27.5 Å². The molecule has 2 N–H and O–H groups in total. The number of aliphatic hydroxyl groups is 1. The van der Waals surface area contributed by atoms with Crippen LogP contribution in [0.15, 0.2) is 30.3 Å². The second kappa shape index (κ2) is 8.88. The zero-order valence-corrected chi connectivity index (χ0v) is 16.3. The third-order valence-electron chi connectivity index (χ3n) is 4.74. The molecule has 2 aromatic rings. The minimum absolute atomic E-state index is 0.0614. The SMILES string of the molecule is CC(=O)NC[C@H]1CN(c2ccc(N(C)Cc3c(F)cc(F)cc3F)c(F)c2)C(O)O1. The zero-order chi connectivity index (χ0) is 22.0. The van der Waals surface area contributed by atoms with E-state index in [4.69, 9.17) is 4.74 Å². The molecule has 3 rings (SSSR count). The second-order valence-corrected chi connectivity index (χ2v) is 7.01. The second-order valence-electron chi connectivity index (χ2n) is 7.01. The summed E-state index contributed by atoms with van der Waals surface area (Å²) in [5, 5.41) is 12.7. The molecule has 0 spiro atoms. The summed E-state index contributed by atoms with van der Waals surface area (Å²) in [6.07, 6.45) is -1.78. The average Bonchev–Trinajstić information content (AvgIpc) is 3.03. The molecule has 6 nitrogen and oxygen atoms in total. The summed E-state index contributed by atoms with van der Waals surface area (Å²) in [5.41, 5.74) is 0.0134. The van der Waals surface area contributed by atoms with Crippen molar-refractivity contribution in [2.75, 3.05) is 29.9 Å². The number of ether oxygens (including phenoxy) is 1. The fraction of sp³-hybridized carbons (Fsp3) is 0.350. The highest BCUT2D eigenvalue weighted by molar-refractivity contribution is 5.72. The first-order valence-electron chi connectivity index (χ1n) is 9.14. The summed E-state index contributed by atoms with van der Waals surface area (Å²) in [7, 11) is 1.44. The van der Waals surface area contributed by atoms with Crippen LogP contribution in [0, 0.1) is 23.3 Å². The molecule has 1 aliphatic heterocycles. The first-order valence-corrected chi connectivity index (χ1v) is 9.14. The van der Waals surface area contributed by atoms with Crippen LogP contribution in [0.25, 0.3) is 0 Å². The molecule has 10 heteroatoms. The Morgan fingerprint density at radius 3 is 2.47 bits per heavy atom. The number of amides is 1. The summed E-state index contributed by atoms with van der Waals surface area (Å²) in [6.45, 7) is 1.46. The Bertz CT molecular complexity index is 921. The molecule has 0 aromatic heterocycles. The predicted octanol–water partition coefficient (Wildman–Crippen LogP) is 2.50. The van der Waals surface area contributed by atoms with Crippen molar-refractivity contribution in [1.29, 1.82) is 0 Å². The Morgan fingerprint density at radius 1 is 1.20 bits per heavy atom. The fourth-order valence-corrected chi connectivity index (χ4v) is 3.23.